The zero-order valence-corrected chi connectivity index (χ0v) is 34.1. The minimum absolute atomic E-state index is 0.120. The van der Waals surface area contributed by atoms with Gasteiger partial charge in [-0.3, -0.25) is 18.9 Å². The summed E-state index contributed by atoms with van der Waals surface area (Å²) >= 11 is 0. The minimum atomic E-state index is -1.13. The number of carboxylic acid groups (broad SMARTS) is 1. The highest BCUT2D eigenvalue weighted by Gasteiger charge is 2.40. The number of carbonyl (C=O) groups is 4. The summed E-state index contributed by atoms with van der Waals surface area (Å²) in [5.41, 5.74) is 6.35. The van der Waals surface area contributed by atoms with E-state index in [2.05, 4.69) is 44.0 Å². The second kappa shape index (κ2) is 15.7. The van der Waals surface area contributed by atoms with Crippen molar-refractivity contribution in [3.8, 4) is 22.5 Å². The first-order chi connectivity index (χ1) is 28.3. The Kier molecular flexibility index (Phi) is 10.5. The number of imidazole rings is 2. The smallest absolute Gasteiger partial charge is 0.407 e. The van der Waals surface area contributed by atoms with Crippen molar-refractivity contribution in [1.82, 2.24) is 49.3 Å². The van der Waals surface area contributed by atoms with Gasteiger partial charge in [-0.2, -0.15) is 0 Å². The van der Waals surface area contributed by atoms with E-state index in [0.717, 1.165) is 80.4 Å². The van der Waals surface area contributed by atoms with Crippen LogP contribution in [0.25, 0.3) is 49.8 Å². The summed E-state index contributed by atoms with van der Waals surface area (Å²) in [6.07, 6.45) is 6.80. The number of rotatable bonds is 10. The number of likely N-dealkylation sites (N-methyl/N-ethyl adjacent to an activating group) is 1. The van der Waals surface area contributed by atoms with Gasteiger partial charge in [-0.05, 0) is 61.8 Å². The van der Waals surface area contributed by atoms with Gasteiger partial charge in [-0.15, -0.1) is 0 Å². The maximum Gasteiger partial charge on any atom is 0.407 e. The number of hydrogen-bond donors (Lipinski definition) is 4. The summed E-state index contributed by atoms with van der Waals surface area (Å²) in [4.78, 5) is 77.0. The zero-order chi connectivity index (χ0) is 41.7. The Hall–Kier alpha value is -6.45. The molecule has 0 spiro atoms. The van der Waals surface area contributed by atoms with E-state index in [-0.39, 0.29) is 35.7 Å². The maximum absolute atomic E-state index is 13.7. The molecule has 59 heavy (non-hydrogen) atoms. The zero-order valence-electron chi connectivity index (χ0n) is 34.1. The first-order valence-corrected chi connectivity index (χ1v) is 20.2. The molecule has 2 aromatic carbocycles. The van der Waals surface area contributed by atoms with Gasteiger partial charge in [0.1, 0.15) is 30.1 Å². The summed E-state index contributed by atoms with van der Waals surface area (Å²) in [6.45, 7) is 8.64. The van der Waals surface area contributed by atoms with Crippen molar-refractivity contribution in [2.45, 2.75) is 77.5 Å². The lowest BCUT2D eigenvalue weighted by Gasteiger charge is -2.33. The summed E-state index contributed by atoms with van der Waals surface area (Å²) in [5.74, 6) is 0.725. The molecule has 0 aliphatic carbocycles. The highest BCUT2D eigenvalue weighted by Crippen LogP contribution is 2.36. The molecule has 2 aliphatic heterocycles. The molecule has 0 unspecified atom stereocenters. The summed E-state index contributed by atoms with van der Waals surface area (Å²) in [7, 11) is 2.73. The lowest BCUT2D eigenvalue weighted by Crippen LogP contribution is -2.51. The molecule has 0 radical (unpaired) electrons. The van der Waals surface area contributed by atoms with E-state index < -0.39 is 24.3 Å². The number of hydrogen-bond acceptors (Lipinski definition) is 8. The van der Waals surface area contributed by atoms with Crippen LogP contribution in [0.15, 0.2) is 61.2 Å². The molecule has 6 aromatic rings. The molecule has 0 saturated carbocycles. The number of aromatic amines is 2. The van der Waals surface area contributed by atoms with Gasteiger partial charge in [-0.1, -0.05) is 45.9 Å². The van der Waals surface area contributed by atoms with Crippen LogP contribution >= 0.6 is 0 Å². The van der Waals surface area contributed by atoms with Crippen LogP contribution in [-0.2, 0) is 14.3 Å². The van der Waals surface area contributed by atoms with Gasteiger partial charge in [0, 0.05) is 42.0 Å². The lowest BCUT2D eigenvalue weighted by molar-refractivity contribution is -0.138. The molecule has 4 aromatic heterocycles. The van der Waals surface area contributed by atoms with Crippen molar-refractivity contribution in [1.29, 1.82) is 0 Å². The van der Waals surface area contributed by atoms with Gasteiger partial charge in [0.05, 0.1) is 59.5 Å². The van der Waals surface area contributed by atoms with Crippen molar-refractivity contribution in [2.24, 2.45) is 11.8 Å². The third kappa shape index (κ3) is 7.20. The van der Waals surface area contributed by atoms with Gasteiger partial charge in [0.2, 0.25) is 11.8 Å². The predicted molar refractivity (Wildman–Crippen MR) is 221 cm³/mol. The molecular weight excluding hydrogens is 753 g/mol. The van der Waals surface area contributed by atoms with Crippen molar-refractivity contribution < 1.29 is 29.0 Å². The Balaban J connectivity index is 1.02. The molecule has 0 bridgehead atoms. The predicted octanol–water partition coefficient (Wildman–Crippen LogP) is 6.76. The monoisotopic (exact) mass is 802 g/mol. The normalized spacial score (nSPS) is 18.0. The highest BCUT2D eigenvalue weighted by atomic mass is 16.5. The maximum atomic E-state index is 13.7. The van der Waals surface area contributed by atoms with Crippen LogP contribution in [0.3, 0.4) is 0 Å². The molecule has 2 fully saturated rings. The number of alkyl carbamates (subject to hydrolysis) is 1. The Bertz CT molecular complexity index is 2570. The molecule has 8 rings (SSSR count). The van der Waals surface area contributed by atoms with E-state index in [9.17, 15) is 24.3 Å². The van der Waals surface area contributed by atoms with E-state index in [1.165, 1.54) is 14.2 Å². The fourth-order valence-electron chi connectivity index (χ4n) is 8.88. The SMILES string of the molecule is COC(=O)N[C@H](C(=O)N1CCC[C@H]1c1ncc(-c2ccc3c(c2)ncn2c4ccc(-c5cnc([C@@H]6CCCN6C(=O)[C@H](C(C)C)N(C)C(=O)O)[nH]5)cc4cc32)[nH]1)C(C)C. The number of nitrogens with zero attached hydrogens (tertiary/aromatic N) is 7. The second-order valence-corrected chi connectivity index (χ2v) is 16.3. The van der Waals surface area contributed by atoms with Crippen molar-refractivity contribution in [2.75, 3.05) is 27.2 Å². The minimum Gasteiger partial charge on any atom is -0.465 e. The Labute approximate surface area is 341 Å². The third-order valence-corrected chi connectivity index (χ3v) is 11.9. The van der Waals surface area contributed by atoms with Crippen LogP contribution in [0.2, 0.25) is 0 Å². The first kappa shape index (κ1) is 39.4. The second-order valence-electron chi connectivity index (χ2n) is 16.3. The summed E-state index contributed by atoms with van der Waals surface area (Å²) < 4.78 is 6.85. The summed E-state index contributed by atoms with van der Waals surface area (Å²) in [5, 5.41) is 14.4. The molecule has 2 aliphatic rings. The fraction of sp³-hybridized carbons (Fsp3) is 0.419. The van der Waals surface area contributed by atoms with Gasteiger partial charge in [-0.25, -0.2) is 24.5 Å². The van der Waals surface area contributed by atoms with Crippen LogP contribution in [0.1, 0.15) is 77.1 Å². The Morgan fingerprint density at radius 3 is 2.02 bits per heavy atom. The molecule has 308 valence electrons. The molecule has 6 heterocycles. The topological polar surface area (TPSA) is 194 Å². The van der Waals surface area contributed by atoms with Crippen LogP contribution in [-0.4, -0.2) is 112 Å². The van der Waals surface area contributed by atoms with Gasteiger partial charge in [0.15, 0.2) is 0 Å². The van der Waals surface area contributed by atoms with Gasteiger partial charge >= 0.3 is 12.2 Å². The largest absolute Gasteiger partial charge is 0.465 e. The molecular formula is C43H50N10O6. The number of benzene rings is 2. The van der Waals surface area contributed by atoms with E-state index in [0.29, 0.717) is 24.7 Å². The number of aromatic nitrogens is 6. The average Bonchev–Trinajstić information content (AvgIpc) is 4.07. The van der Waals surface area contributed by atoms with Gasteiger partial charge in [0.25, 0.3) is 0 Å². The molecule has 4 amide bonds. The highest BCUT2D eigenvalue weighted by molar-refractivity contribution is 6.02. The number of H-pyrrole nitrogens is 2. The molecule has 16 nitrogen and oxygen atoms in total. The standard InChI is InChI=1S/C43H50N10O6/c1-23(2)36(49-42(56)59-6)40(54)51-15-7-9-33(51)38-45-21-31(48-38)26-11-13-28-29(18-26)46-22-53-32-14-12-25(17-27(32)19-35(28)53)30-20-44-39(47-30)34-10-8-16-52(34)41(55)37(24(3)4)50(5)43(57)58/h11-14,17-24,33-34,36-37H,7-10,15-16H2,1-6H3,(H,44,47)(H,45,48)(H,49,56)(H,57,58)/t33-,34-,36-,37-/m0/s1. The van der Waals surface area contributed by atoms with Gasteiger partial charge < -0.3 is 34.9 Å². The molecule has 16 heteroatoms. The number of carbonyl (C=O) groups excluding carboxylic acids is 3. The molecule has 2 saturated heterocycles. The third-order valence-electron chi connectivity index (χ3n) is 11.9. The van der Waals surface area contributed by atoms with Crippen LogP contribution in [0.5, 0.6) is 0 Å². The van der Waals surface area contributed by atoms with E-state index in [1.54, 1.807) is 22.2 Å². The fourth-order valence-corrected chi connectivity index (χ4v) is 8.88. The van der Waals surface area contributed by atoms with Crippen LogP contribution in [0.4, 0.5) is 9.59 Å². The number of nitrogens with one attached hydrogen (secondary N) is 3. The number of methoxy groups -OCH3 is 1. The first-order valence-electron chi connectivity index (χ1n) is 20.2. The lowest BCUT2D eigenvalue weighted by atomic mass is 10.0. The van der Waals surface area contributed by atoms with Crippen molar-refractivity contribution in [3.05, 3.63) is 72.8 Å². The quantitative estimate of drug-likeness (QED) is 0.116. The number of fused-ring (bicyclic) bond motifs is 5. The Morgan fingerprint density at radius 2 is 1.42 bits per heavy atom. The average molecular weight is 803 g/mol. The van der Waals surface area contributed by atoms with E-state index in [4.69, 9.17) is 19.7 Å². The van der Waals surface area contributed by atoms with Crippen LogP contribution < -0.4 is 5.32 Å². The van der Waals surface area contributed by atoms with Crippen molar-refractivity contribution >= 4 is 51.3 Å². The Morgan fingerprint density at radius 1 is 0.814 bits per heavy atom. The number of likely N-dealkylation sites (tertiary alicyclic amines) is 2. The van der Waals surface area contributed by atoms with E-state index >= 15 is 0 Å². The molecule has 4 N–H and O–H groups in total. The molecule has 4 atom stereocenters. The van der Waals surface area contributed by atoms with E-state index in [1.807, 2.05) is 52.2 Å². The number of amides is 4. The summed E-state index contributed by atoms with van der Waals surface area (Å²) in [6, 6.07) is 12.5. The number of ether oxygens (including phenoxy) is 1. The van der Waals surface area contributed by atoms with Crippen LogP contribution in [0, 0.1) is 11.8 Å². The van der Waals surface area contributed by atoms with Crippen molar-refractivity contribution in [3.63, 3.8) is 0 Å².